The fraction of sp³-hybridized carbons (Fsp3) is 0.600. The van der Waals surface area contributed by atoms with Gasteiger partial charge in [-0.2, -0.15) is 0 Å². The SMILES string of the molecule is CCc1ccc(CC(=O)NC2CC3(C2)CC3N)nc1. The van der Waals surface area contributed by atoms with E-state index < -0.39 is 0 Å². The van der Waals surface area contributed by atoms with Crippen molar-refractivity contribution in [3.63, 3.8) is 0 Å². The molecule has 1 unspecified atom stereocenters. The van der Waals surface area contributed by atoms with E-state index in [2.05, 4.69) is 17.2 Å². The number of aryl methyl sites for hydroxylation is 1. The molecule has 4 nitrogen and oxygen atoms in total. The highest BCUT2D eigenvalue weighted by atomic mass is 16.1. The van der Waals surface area contributed by atoms with E-state index in [1.807, 2.05) is 18.3 Å². The molecule has 0 saturated heterocycles. The predicted octanol–water partition coefficient (Wildman–Crippen LogP) is 1.18. The molecule has 0 bridgehead atoms. The molecule has 1 atom stereocenters. The van der Waals surface area contributed by atoms with Crippen molar-refractivity contribution in [2.45, 2.75) is 51.1 Å². The third-order valence-corrected chi connectivity index (χ3v) is 4.56. The lowest BCUT2D eigenvalue weighted by molar-refractivity contribution is -0.122. The van der Waals surface area contributed by atoms with Gasteiger partial charge in [-0.15, -0.1) is 0 Å². The first-order valence-corrected chi connectivity index (χ1v) is 7.10. The Morgan fingerprint density at radius 1 is 1.47 bits per heavy atom. The summed E-state index contributed by atoms with van der Waals surface area (Å²) in [4.78, 5) is 16.2. The number of carbonyl (C=O) groups excluding carboxylic acids is 1. The summed E-state index contributed by atoms with van der Waals surface area (Å²) in [5.41, 5.74) is 8.31. The zero-order valence-electron chi connectivity index (χ0n) is 11.4. The monoisotopic (exact) mass is 259 g/mol. The molecule has 102 valence electrons. The normalized spacial score (nSPS) is 31.9. The number of carbonyl (C=O) groups is 1. The van der Waals surface area contributed by atoms with Crippen LogP contribution in [0.5, 0.6) is 0 Å². The van der Waals surface area contributed by atoms with Crippen molar-refractivity contribution in [2.75, 3.05) is 0 Å². The third kappa shape index (κ3) is 2.50. The second kappa shape index (κ2) is 4.60. The van der Waals surface area contributed by atoms with Crippen LogP contribution in [0, 0.1) is 5.41 Å². The van der Waals surface area contributed by atoms with Crippen LogP contribution in [-0.2, 0) is 17.6 Å². The average Bonchev–Trinajstić information content (AvgIpc) is 3.01. The minimum Gasteiger partial charge on any atom is -0.353 e. The lowest BCUT2D eigenvalue weighted by Gasteiger charge is -2.37. The Labute approximate surface area is 113 Å². The molecule has 1 spiro atoms. The Kier molecular flexibility index (Phi) is 3.05. The summed E-state index contributed by atoms with van der Waals surface area (Å²) >= 11 is 0. The number of rotatable bonds is 4. The maximum absolute atomic E-state index is 11.9. The second-order valence-electron chi connectivity index (χ2n) is 6.03. The minimum absolute atomic E-state index is 0.0748. The molecule has 1 aromatic heterocycles. The highest BCUT2D eigenvalue weighted by molar-refractivity contribution is 5.78. The zero-order valence-corrected chi connectivity index (χ0v) is 11.4. The minimum atomic E-state index is 0.0748. The van der Waals surface area contributed by atoms with Gasteiger partial charge in [-0.05, 0) is 42.7 Å². The van der Waals surface area contributed by atoms with Crippen LogP contribution >= 0.6 is 0 Å². The molecule has 0 aliphatic heterocycles. The zero-order chi connectivity index (χ0) is 13.5. The number of nitrogens with two attached hydrogens (primary N) is 1. The molecule has 3 N–H and O–H groups in total. The van der Waals surface area contributed by atoms with E-state index in [-0.39, 0.29) is 5.91 Å². The van der Waals surface area contributed by atoms with E-state index in [9.17, 15) is 4.79 Å². The maximum Gasteiger partial charge on any atom is 0.226 e. The van der Waals surface area contributed by atoms with Gasteiger partial charge in [0, 0.05) is 24.0 Å². The van der Waals surface area contributed by atoms with E-state index in [1.165, 1.54) is 5.56 Å². The predicted molar refractivity (Wildman–Crippen MR) is 73.5 cm³/mol. The summed E-state index contributed by atoms with van der Waals surface area (Å²) in [5, 5.41) is 3.08. The molecule has 0 aromatic carbocycles. The highest BCUT2D eigenvalue weighted by Gasteiger charge is 2.60. The van der Waals surface area contributed by atoms with Crippen molar-refractivity contribution in [3.05, 3.63) is 29.6 Å². The van der Waals surface area contributed by atoms with E-state index in [1.54, 1.807) is 0 Å². The molecule has 2 saturated carbocycles. The van der Waals surface area contributed by atoms with Crippen LogP contribution in [-0.4, -0.2) is 23.0 Å². The van der Waals surface area contributed by atoms with Gasteiger partial charge in [0.2, 0.25) is 5.91 Å². The molecule has 1 heterocycles. The number of nitrogens with one attached hydrogen (secondary N) is 1. The maximum atomic E-state index is 11.9. The van der Waals surface area contributed by atoms with Gasteiger partial charge in [-0.1, -0.05) is 13.0 Å². The van der Waals surface area contributed by atoms with Gasteiger partial charge in [0.25, 0.3) is 0 Å². The number of hydrogen-bond acceptors (Lipinski definition) is 3. The molecule has 19 heavy (non-hydrogen) atoms. The first-order chi connectivity index (χ1) is 9.11. The molecular formula is C15H21N3O. The molecule has 2 aliphatic rings. The van der Waals surface area contributed by atoms with Gasteiger partial charge >= 0.3 is 0 Å². The molecule has 3 rings (SSSR count). The highest BCUT2D eigenvalue weighted by Crippen LogP contribution is 2.59. The summed E-state index contributed by atoms with van der Waals surface area (Å²) in [6.45, 7) is 2.10. The Balaban J connectivity index is 1.46. The van der Waals surface area contributed by atoms with Crippen LogP contribution < -0.4 is 11.1 Å². The first kappa shape index (κ1) is 12.6. The van der Waals surface area contributed by atoms with Crippen LogP contribution in [0.3, 0.4) is 0 Å². The largest absolute Gasteiger partial charge is 0.353 e. The number of nitrogens with zero attached hydrogens (tertiary/aromatic N) is 1. The standard InChI is InChI=1S/C15H21N3O/c1-2-10-3-4-11(17-9-10)5-14(19)18-12-6-15(7-12)8-13(15)16/h3-4,9,12-13H,2,5-8,16H2,1H3,(H,18,19). The number of pyridine rings is 1. The number of hydrogen-bond donors (Lipinski definition) is 2. The molecule has 1 aromatic rings. The first-order valence-electron chi connectivity index (χ1n) is 7.10. The van der Waals surface area contributed by atoms with Crippen molar-refractivity contribution < 1.29 is 4.79 Å². The summed E-state index contributed by atoms with van der Waals surface area (Å²) in [5.74, 6) is 0.0748. The van der Waals surface area contributed by atoms with Crippen LogP contribution in [0.1, 0.15) is 37.4 Å². The Bertz CT molecular complexity index is 477. The van der Waals surface area contributed by atoms with Gasteiger partial charge in [0.05, 0.1) is 6.42 Å². The molecule has 2 fully saturated rings. The van der Waals surface area contributed by atoms with Crippen LogP contribution in [0.15, 0.2) is 18.3 Å². The van der Waals surface area contributed by atoms with Gasteiger partial charge in [0.1, 0.15) is 0 Å². The molecule has 2 aliphatic carbocycles. The van der Waals surface area contributed by atoms with Gasteiger partial charge < -0.3 is 11.1 Å². The molecular weight excluding hydrogens is 238 g/mol. The van der Waals surface area contributed by atoms with Crippen molar-refractivity contribution in [2.24, 2.45) is 11.1 Å². The number of aromatic nitrogens is 1. The quantitative estimate of drug-likeness (QED) is 0.853. The van der Waals surface area contributed by atoms with Crippen molar-refractivity contribution >= 4 is 5.91 Å². The third-order valence-electron chi connectivity index (χ3n) is 4.56. The van der Waals surface area contributed by atoms with Gasteiger partial charge in [0.15, 0.2) is 0 Å². The fourth-order valence-electron chi connectivity index (χ4n) is 3.08. The second-order valence-corrected chi connectivity index (χ2v) is 6.03. The summed E-state index contributed by atoms with van der Waals surface area (Å²) in [6.07, 6.45) is 6.46. The van der Waals surface area contributed by atoms with E-state index in [4.69, 9.17) is 5.73 Å². The number of amides is 1. The van der Waals surface area contributed by atoms with E-state index in [0.717, 1.165) is 31.4 Å². The summed E-state index contributed by atoms with van der Waals surface area (Å²) in [7, 11) is 0. The van der Waals surface area contributed by atoms with Gasteiger partial charge in [-0.25, -0.2) is 0 Å². The summed E-state index contributed by atoms with van der Waals surface area (Å²) in [6, 6.07) is 4.69. The van der Waals surface area contributed by atoms with Crippen LogP contribution in [0.4, 0.5) is 0 Å². The molecule has 0 radical (unpaired) electrons. The van der Waals surface area contributed by atoms with Gasteiger partial charge in [-0.3, -0.25) is 9.78 Å². The molecule has 1 amide bonds. The lowest BCUT2D eigenvalue weighted by atomic mass is 9.76. The fourth-order valence-corrected chi connectivity index (χ4v) is 3.08. The van der Waals surface area contributed by atoms with Crippen molar-refractivity contribution in [1.82, 2.24) is 10.3 Å². The van der Waals surface area contributed by atoms with Crippen molar-refractivity contribution in [3.8, 4) is 0 Å². The Morgan fingerprint density at radius 3 is 2.74 bits per heavy atom. The summed E-state index contributed by atoms with van der Waals surface area (Å²) < 4.78 is 0. The average molecular weight is 259 g/mol. The van der Waals surface area contributed by atoms with E-state index in [0.29, 0.717) is 23.9 Å². The smallest absolute Gasteiger partial charge is 0.226 e. The Hall–Kier alpha value is -1.42. The topological polar surface area (TPSA) is 68.0 Å². The van der Waals surface area contributed by atoms with Crippen molar-refractivity contribution in [1.29, 1.82) is 0 Å². The van der Waals surface area contributed by atoms with Crippen LogP contribution in [0.2, 0.25) is 0 Å². The molecule has 4 heteroatoms. The van der Waals surface area contributed by atoms with E-state index >= 15 is 0 Å². The Morgan fingerprint density at radius 2 is 2.21 bits per heavy atom. The lowest BCUT2D eigenvalue weighted by Crippen LogP contribution is -2.47. The van der Waals surface area contributed by atoms with Crippen LogP contribution in [0.25, 0.3) is 0 Å².